The van der Waals surface area contributed by atoms with Crippen LogP contribution in [-0.4, -0.2) is 12.1 Å². The van der Waals surface area contributed by atoms with Crippen molar-refractivity contribution in [2.45, 2.75) is 6.92 Å². The van der Waals surface area contributed by atoms with Gasteiger partial charge in [-0.3, -0.25) is 0 Å². The third kappa shape index (κ3) is 2.91. The van der Waals surface area contributed by atoms with E-state index < -0.39 is 0 Å². The van der Waals surface area contributed by atoms with Crippen LogP contribution in [0.5, 0.6) is 0 Å². The molecule has 0 aliphatic rings. The van der Waals surface area contributed by atoms with E-state index in [9.17, 15) is 0 Å². The zero-order chi connectivity index (χ0) is 8.85. The number of nitrogens with two attached hydrogens (primary N) is 2. The highest BCUT2D eigenvalue weighted by Gasteiger charge is 1.97. The van der Waals surface area contributed by atoms with Crippen molar-refractivity contribution < 1.29 is 0 Å². The highest BCUT2D eigenvalue weighted by molar-refractivity contribution is 5.27. The van der Waals surface area contributed by atoms with Crippen molar-refractivity contribution in [3.8, 4) is 0 Å². The van der Waals surface area contributed by atoms with E-state index in [1.165, 1.54) is 5.01 Å². The second-order valence-electron chi connectivity index (χ2n) is 2.16. The van der Waals surface area contributed by atoms with E-state index in [1.54, 1.807) is 13.1 Å². The summed E-state index contributed by atoms with van der Waals surface area (Å²) in [4.78, 5) is 0. The van der Waals surface area contributed by atoms with Crippen LogP contribution >= 0.6 is 0 Å². The molecule has 0 atom stereocenters. The van der Waals surface area contributed by atoms with Gasteiger partial charge in [0.05, 0.1) is 11.4 Å². The summed E-state index contributed by atoms with van der Waals surface area (Å²) >= 11 is 0. The number of hydrogen-bond acceptors (Lipinski definition) is 3. The Morgan fingerprint density at radius 3 is 2.36 bits per heavy atom. The maximum Gasteiger partial charge on any atom is 0.0739 e. The van der Waals surface area contributed by atoms with Gasteiger partial charge in [0, 0.05) is 7.05 Å². The molecule has 0 fully saturated rings. The molecule has 0 saturated carbocycles. The lowest BCUT2D eigenvalue weighted by Gasteiger charge is -2.14. The van der Waals surface area contributed by atoms with E-state index in [-0.39, 0.29) is 0 Å². The van der Waals surface area contributed by atoms with Crippen LogP contribution < -0.4 is 11.6 Å². The summed E-state index contributed by atoms with van der Waals surface area (Å²) in [6.45, 7) is 5.45. The maximum atomic E-state index is 5.59. The zero-order valence-corrected chi connectivity index (χ0v) is 7.04. The smallest absolute Gasteiger partial charge is 0.0739 e. The van der Waals surface area contributed by atoms with Crippen LogP contribution in [0.1, 0.15) is 6.92 Å². The van der Waals surface area contributed by atoms with E-state index in [1.807, 2.05) is 19.1 Å². The standard InChI is InChI=1S/C8H15N3/c1-4-6-8(11(3)10)7(9)5-2/h4-6H,2,9-10H2,1,3H3/b6-4-,8-7-. The summed E-state index contributed by atoms with van der Waals surface area (Å²) < 4.78 is 0. The first kappa shape index (κ1) is 9.78. The molecule has 0 rings (SSSR count). The van der Waals surface area contributed by atoms with Gasteiger partial charge < -0.3 is 10.7 Å². The fourth-order valence-electron chi connectivity index (χ4n) is 0.680. The lowest BCUT2D eigenvalue weighted by molar-refractivity contribution is 0.451. The van der Waals surface area contributed by atoms with E-state index in [0.717, 1.165) is 5.70 Å². The molecule has 0 aliphatic heterocycles. The fraction of sp³-hybridized carbons (Fsp3) is 0.250. The SMILES string of the molecule is C=C/C(N)=C(\C=C/C)N(C)N. The molecule has 0 aromatic heterocycles. The lowest BCUT2D eigenvalue weighted by atomic mass is 10.3. The average molecular weight is 153 g/mol. The molecular weight excluding hydrogens is 138 g/mol. The van der Waals surface area contributed by atoms with Crippen LogP contribution in [0.3, 0.4) is 0 Å². The highest BCUT2D eigenvalue weighted by atomic mass is 15.4. The van der Waals surface area contributed by atoms with Crippen molar-refractivity contribution in [3.63, 3.8) is 0 Å². The van der Waals surface area contributed by atoms with Crippen LogP contribution in [0.15, 0.2) is 36.2 Å². The molecule has 0 amide bonds. The van der Waals surface area contributed by atoms with Gasteiger partial charge in [-0.1, -0.05) is 12.7 Å². The molecule has 3 heteroatoms. The van der Waals surface area contributed by atoms with E-state index in [2.05, 4.69) is 6.58 Å². The van der Waals surface area contributed by atoms with E-state index in [4.69, 9.17) is 11.6 Å². The van der Waals surface area contributed by atoms with Crippen LogP contribution in [0.25, 0.3) is 0 Å². The average Bonchev–Trinajstić information content (AvgIpc) is 1.98. The van der Waals surface area contributed by atoms with E-state index >= 15 is 0 Å². The monoisotopic (exact) mass is 153 g/mol. The van der Waals surface area contributed by atoms with E-state index in [0.29, 0.717) is 5.70 Å². The Labute approximate surface area is 67.6 Å². The summed E-state index contributed by atoms with van der Waals surface area (Å²) in [5, 5.41) is 1.46. The molecule has 11 heavy (non-hydrogen) atoms. The van der Waals surface area contributed by atoms with Crippen molar-refractivity contribution in [2.24, 2.45) is 11.6 Å². The van der Waals surface area contributed by atoms with Gasteiger partial charge in [-0.25, -0.2) is 5.84 Å². The Morgan fingerprint density at radius 2 is 2.09 bits per heavy atom. The normalized spacial score (nSPS) is 13.0. The van der Waals surface area contributed by atoms with Gasteiger partial charge in [0.25, 0.3) is 0 Å². The first-order valence-corrected chi connectivity index (χ1v) is 3.36. The highest BCUT2D eigenvalue weighted by Crippen LogP contribution is 2.02. The second-order valence-corrected chi connectivity index (χ2v) is 2.16. The maximum absolute atomic E-state index is 5.59. The molecule has 0 aromatic rings. The third-order valence-electron chi connectivity index (χ3n) is 1.22. The van der Waals surface area contributed by atoms with Gasteiger partial charge in [0.2, 0.25) is 0 Å². The Kier molecular flexibility index (Phi) is 4.07. The Morgan fingerprint density at radius 1 is 1.55 bits per heavy atom. The number of hydrazine groups is 1. The van der Waals surface area contributed by atoms with Crippen molar-refractivity contribution >= 4 is 0 Å². The van der Waals surface area contributed by atoms with Crippen molar-refractivity contribution in [1.82, 2.24) is 5.01 Å². The predicted octanol–water partition coefficient (Wildman–Crippen LogP) is 0.724. The summed E-state index contributed by atoms with van der Waals surface area (Å²) in [5.74, 6) is 5.50. The molecule has 0 spiro atoms. The summed E-state index contributed by atoms with van der Waals surface area (Å²) in [6, 6.07) is 0. The third-order valence-corrected chi connectivity index (χ3v) is 1.22. The molecule has 0 unspecified atom stereocenters. The predicted molar refractivity (Wildman–Crippen MR) is 48.2 cm³/mol. The molecule has 0 bridgehead atoms. The van der Waals surface area contributed by atoms with Gasteiger partial charge >= 0.3 is 0 Å². The second kappa shape index (κ2) is 4.57. The number of likely N-dealkylation sites (N-methyl/N-ethyl adjacent to an activating group) is 1. The molecule has 0 saturated heterocycles. The van der Waals surface area contributed by atoms with Crippen LogP contribution in [0, 0.1) is 0 Å². The first-order valence-electron chi connectivity index (χ1n) is 3.36. The molecule has 0 radical (unpaired) electrons. The molecular formula is C8H15N3. The van der Waals surface area contributed by atoms with Crippen LogP contribution in [-0.2, 0) is 0 Å². The number of nitrogens with zero attached hydrogens (tertiary/aromatic N) is 1. The summed E-state index contributed by atoms with van der Waals surface area (Å²) in [7, 11) is 1.73. The summed E-state index contributed by atoms with van der Waals surface area (Å²) in [5.41, 5.74) is 6.94. The van der Waals surface area contributed by atoms with Gasteiger partial charge in [0.15, 0.2) is 0 Å². The zero-order valence-electron chi connectivity index (χ0n) is 7.04. The van der Waals surface area contributed by atoms with Gasteiger partial charge in [-0.2, -0.15) is 0 Å². The molecule has 3 nitrogen and oxygen atoms in total. The molecule has 0 aromatic carbocycles. The Balaban J connectivity index is 4.71. The topological polar surface area (TPSA) is 55.3 Å². The van der Waals surface area contributed by atoms with Gasteiger partial charge in [-0.15, -0.1) is 0 Å². The van der Waals surface area contributed by atoms with Crippen LogP contribution in [0.4, 0.5) is 0 Å². The van der Waals surface area contributed by atoms with Crippen molar-refractivity contribution in [2.75, 3.05) is 7.05 Å². The number of hydrogen-bond donors (Lipinski definition) is 2. The quantitative estimate of drug-likeness (QED) is 0.357. The molecule has 62 valence electrons. The van der Waals surface area contributed by atoms with Crippen molar-refractivity contribution in [1.29, 1.82) is 0 Å². The Hall–Kier alpha value is -1.22. The minimum absolute atomic E-state index is 0.577. The van der Waals surface area contributed by atoms with Crippen LogP contribution in [0.2, 0.25) is 0 Å². The minimum atomic E-state index is 0.577. The van der Waals surface area contributed by atoms with Gasteiger partial charge in [-0.05, 0) is 19.1 Å². The first-order chi connectivity index (χ1) is 5.13. The molecule has 0 aliphatic carbocycles. The van der Waals surface area contributed by atoms with Crippen molar-refractivity contribution in [3.05, 3.63) is 36.2 Å². The lowest BCUT2D eigenvalue weighted by Crippen LogP contribution is -2.26. The fourth-order valence-corrected chi connectivity index (χ4v) is 0.680. The largest absolute Gasteiger partial charge is 0.397 e. The number of rotatable bonds is 3. The van der Waals surface area contributed by atoms with Gasteiger partial charge in [0.1, 0.15) is 0 Å². The minimum Gasteiger partial charge on any atom is -0.397 e. The number of allylic oxidation sites excluding steroid dienone is 3. The Bertz CT molecular complexity index is 190. The molecule has 4 N–H and O–H groups in total. The molecule has 0 heterocycles. The summed E-state index contributed by atoms with van der Waals surface area (Å²) in [6.07, 6.45) is 5.27.